The summed E-state index contributed by atoms with van der Waals surface area (Å²) in [6.07, 6.45) is 3.88. The van der Waals surface area contributed by atoms with Crippen molar-refractivity contribution in [2.24, 2.45) is 5.16 Å². The molecule has 1 aromatic heterocycles. The Bertz CT molecular complexity index is 471. The largest absolute Gasteiger partial charge is 1.00 e. The molecule has 0 atom stereocenters. The van der Waals surface area contributed by atoms with E-state index < -0.39 is 0 Å². The van der Waals surface area contributed by atoms with E-state index in [9.17, 15) is 0 Å². The van der Waals surface area contributed by atoms with E-state index >= 15 is 0 Å². The van der Waals surface area contributed by atoms with E-state index in [0.29, 0.717) is 12.3 Å². The SMILES string of the molecule is ON=C(C[n+]1ccccc1)c1ccccc1.[Br-]. The summed E-state index contributed by atoms with van der Waals surface area (Å²) in [6, 6.07) is 15.5. The molecule has 2 rings (SSSR count). The van der Waals surface area contributed by atoms with Gasteiger partial charge in [-0.15, -0.1) is 0 Å². The molecule has 0 bridgehead atoms. The molecular formula is C13H13BrN2O. The van der Waals surface area contributed by atoms with Gasteiger partial charge in [-0.05, 0) is 0 Å². The van der Waals surface area contributed by atoms with Crippen molar-refractivity contribution in [3.8, 4) is 0 Å². The lowest BCUT2D eigenvalue weighted by molar-refractivity contribution is -0.681. The molecule has 3 nitrogen and oxygen atoms in total. The molecule has 0 saturated heterocycles. The number of oxime groups is 1. The average molecular weight is 293 g/mol. The molecule has 0 saturated carbocycles. The summed E-state index contributed by atoms with van der Waals surface area (Å²) in [7, 11) is 0. The van der Waals surface area contributed by atoms with Gasteiger partial charge < -0.3 is 22.2 Å². The normalized spacial score (nSPS) is 10.7. The highest BCUT2D eigenvalue weighted by atomic mass is 79.9. The summed E-state index contributed by atoms with van der Waals surface area (Å²) >= 11 is 0. The van der Waals surface area contributed by atoms with Crippen LogP contribution < -0.4 is 21.5 Å². The summed E-state index contributed by atoms with van der Waals surface area (Å²) in [6.45, 7) is 0.557. The fraction of sp³-hybridized carbons (Fsp3) is 0.0769. The summed E-state index contributed by atoms with van der Waals surface area (Å²) in [5.41, 5.74) is 1.58. The van der Waals surface area contributed by atoms with Crippen LogP contribution in [-0.2, 0) is 6.54 Å². The number of aromatic nitrogens is 1. The molecule has 0 aliphatic carbocycles. The standard InChI is InChI=1S/C13H12N2O.BrH/c16-14-13(12-7-3-1-4-8-12)11-15-9-5-2-6-10-15;/h1-10H,11H2;1H. The number of pyridine rings is 1. The Kier molecular flexibility index (Phi) is 5.36. The molecular weight excluding hydrogens is 280 g/mol. The van der Waals surface area contributed by atoms with E-state index in [0.717, 1.165) is 5.56 Å². The molecule has 17 heavy (non-hydrogen) atoms. The second-order valence-corrected chi connectivity index (χ2v) is 3.46. The maximum atomic E-state index is 9.02. The van der Waals surface area contributed by atoms with E-state index in [1.807, 2.05) is 65.5 Å². The minimum Gasteiger partial charge on any atom is -1.00 e. The van der Waals surface area contributed by atoms with Crippen LogP contribution in [0.15, 0.2) is 66.1 Å². The molecule has 2 aromatic rings. The van der Waals surface area contributed by atoms with Crippen molar-refractivity contribution in [2.75, 3.05) is 0 Å². The summed E-state index contributed by atoms with van der Waals surface area (Å²) < 4.78 is 1.96. The van der Waals surface area contributed by atoms with Gasteiger partial charge in [-0.2, -0.15) is 4.57 Å². The minimum atomic E-state index is 0. The Morgan fingerprint density at radius 1 is 1.00 bits per heavy atom. The number of hydrogen-bond donors (Lipinski definition) is 1. The third-order valence-electron chi connectivity index (χ3n) is 2.34. The van der Waals surface area contributed by atoms with Crippen LogP contribution in [0.3, 0.4) is 0 Å². The second-order valence-electron chi connectivity index (χ2n) is 3.46. The van der Waals surface area contributed by atoms with E-state index in [2.05, 4.69) is 5.16 Å². The minimum absolute atomic E-state index is 0. The first-order valence-electron chi connectivity index (χ1n) is 5.10. The fourth-order valence-corrected chi connectivity index (χ4v) is 1.52. The van der Waals surface area contributed by atoms with Crippen molar-refractivity contribution in [3.63, 3.8) is 0 Å². The van der Waals surface area contributed by atoms with Gasteiger partial charge in [0.2, 0.25) is 0 Å². The zero-order valence-corrected chi connectivity index (χ0v) is 10.8. The molecule has 1 N–H and O–H groups in total. The maximum Gasteiger partial charge on any atom is 0.194 e. The van der Waals surface area contributed by atoms with Crippen LogP contribution in [-0.4, -0.2) is 10.9 Å². The Labute approximate surface area is 111 Å². The Morgan fingerprint density at radius 3 is 2.18 bits per heavy atom. The van der Waals surface area contributed by atoms with Crippen LogP contribution in [0.4, 0.5) is 0 Å². The van der Waals surface area contributed by atoms with Crippen LogP contribution >= 0.6 is 0 Å². The van der Waals surface area contributed by atoms with Crippen LogP contribution in [0, 0.1) is 0 Å². The van der Waals surface area contributed by atoms with Crippen LogP contribution in [0.25, 0.3) is 0 Å². The lowest BCUT2D eigenvalue weighted by atomic mass is 10.1. The van der Waals surface area contributed by atoms with Gasteiger partial charge in [-0.25, -0.2) is 0 Å². The highest BCUT2D eigenvalue weighted by molar-refractivity contribution is 5.99. The molecule has 1 heterocycles. The Morgan fingerprint density at radius 2 is 1.59 bits per heavy atom. The van der Waals surface area contributed by atoms with Crippen molar-refractivity contribution < 1.29 is 26.8 Å². The highest BCUT2D eigenvalue weighted by Gasteiger charge is 2.09. The summed E-state index contributed by atoms with van der Waals surface area (Å²) in [5.74, 6) is 0. The van der Waals surface area contributed by atoms with Gasteiger partial charge in [0.1, 0.15) is 0 Å². The van der Waals surface area contributed by atoms with Gasteiger partial charge in [0.05, 0.1) is 0 Å². The van der Waals surface area contributed by atoms with Gasteiger partial charge in [-0.3, -0.25) is 0 Å². The number of halogens is 1. The smallest absolute Gasteiger partial charge is 0.194 e. The summed E-state index contributed by atoms with van der Waals surface area (Å²) in [4.78, 5) is 0. The van der Waals surface area contributed by atoms with Crippen LogP contribution in [0.5, 0.6) is 0 Å². The third-order valence-corrected chi connectivity index (χ3v) is 2.34. The molecule has 0 aliphatic heterocycles. The molecule has 88 valence electrons. The van der Waals surface area contributed by atoms with Gasteiger partial charge in [-0.1, -0.05) is 41.6 Å². The Balaban J connectivity index is 0.00000144. The molecule has 4 heteroatoms. The number of hydrogen-bond acceptors (Lipinski definition) is 2. The van der Waals surface area contributed by atoms with Gasteiger partial charge >= 0.3 is 0 Å². The zero-order chi connectivity index (χ0) is 11.2. The first-order chi connectivity index (χ1) is 7.90. The molecule has 0 fully saturated rings. The molecule has 1 aromatic carbocycles. The van der Waals surface area contributed by atoms with E-state index in [4.69, 9.17) is 5.21 Å². The number of nitrogens with zero attached hydrogens (tertiary/aromatic N) is 2. The van der Waals surface area contributed by atoms with E-state index in [-0.39, 0.29) is 17.0 Å². The first-order valence-corrected chi connectivity index (χ1v) is 5.10. The maximum absolute atomic E-state index is 9.02. The van der Waals surface area contributed by atoms with Crippen molar-refractivity contribution in [1.82, 2.24) is 0 Å². The zero-order valence-electron chi connectivity index (χ0n) is 9.20. The monoisotopic (exact) mass is 292 g/mol. The predicted octanol–water partition coefficient (Wildman–Crippen LogP) is -1.14. The topological polar surface area (TPSA) is 36.5 Å². The fourth-order valence-electron chi connectivity index (χ4n) is 1.52. The molecule has 0 unspecified atom stereocenters. The van der Waals surface area contributed by atoms with Crippen molar-refractivity contribution >= 4 is 5.71 Å². The molecule has 0 amide bonds. The van der Waals surface area contributed by atoms with Crippen LogP contribution in [0.2, 0.25) is 0 Å². The molecule has 0 aliphatic rings. The Hall–Kier alpha value is -1.68. The second kappa shape index (κ2) is 6.81. The average Bonchev–Trinajstić information content (AvgIpc) is 2.38. The third kappa shape index (κ3) is 3.67. The van der Waals surface area contributed by atoms with Gasteiger partial charge in [0.15, 0.2) is 24.7 Å². The predicted molar refractivity (Wildman–Crippen MR) is 61.4 cm³/mol. The van der Waals surface area contributed by atoms with Crippen molar-refractivity contribution in [1.29, 1.82) is 0 Å². The van der Waals surface area contributed by atoms with Gasteiger partial charge in [0.25, 0.3) is 0 Å². The molecule has 0 radical (unpaired) electrons. The lowest BCUT2D eigenvalue weighted by Crippen LogP contribution is -3.00. The summed E-state index contributed by atoms with van der Waals surface area (Å²) in [5, 5.41) is 12.4. The lowest BCUT2D eigenvalue weighted by Gasteiger charge is -2.00. The molecule has 0 spiro atoms. The van der Waals surface area contributed by atoms with Crippen LogP contribution in [0.1, 0.15) is 5.56 Å². The first kappa shape index (κ1) is 13.4. The quantitative estimate of drug-likeness (QED) is 0.330. The van der Waals surface area contributed by atoms with Crippen molar-refractivity contribution in [2.45, 2.75) is 6.54 Å². The van der Waals surface area contributed by atoms with Gasteiger partial charge in [0, 0.05) is 17.7 Å². The van der Waals surface area contributed by atoms with E-state index in [1.165, 1.54) is 0 Å². The van der Waals surface area contributed by atoms with E-state index in [1.54, 1.807) is 0 Å². The number of benzene rings is 1. The number of rotatable bonds is 3. The van der Waals surface area contributed by atoms with Crippen molar-refractivity contribution in [3.05, 3.63) is 66.5 Å². The highest BCUT2D eigenvalue weighted by Crippen LogP contribution is 2.01.